The molecule has 1 aliphatic heterocycles. The monoisotopic (exact) mass is 238 g/mol. The van der Waals surface area contributed by atoms with E-state index in [1.54, 1.807) is 0 Å². The molecular weight excluding hydrogens is 212 g/mol. The zero-order valence-corrected chi connectivity index (χ0v) is 11.3. The van der Waals surface area contributed by atoms with Gasteiger partial charge in [0.05, 0.1) is 5.41 Å². The number of hydrogen-bond donors (Lipinski definition) is 1. The Balaban J connectivity index is 2.77. The van der Waals surface area contributed by atoms with Gasteiger partial charge in [-0.2, -0.15) is 0 Å². The smallest absolute Gasteiger partial charge is 0.230 e. The van der Waals surface area contributed by atoms with Crippen LogP contribution in [0, 0.1) is 5.41 Å². The van der Waals surface area contributed by atoms with Crippen LogP contribution in [0.25, 0.3) is 0 Å². The second-order valence-electron chi connectivity index (χ2n) is 5.00. The summed E-state index contributed by atoms with van der Waals surface area (Å²) in [5.74, 6) is 0.325. The minimum Gasteiger partial charge on any atom is -0.338 e. The van der Waals surface area contributed by atoms with Gasteiger partial charge in [-0.05, 0) is 25.8 Å². The standard InChI is InChI=1S/C14H26N2O/c1-4-7-14(8-9-15-12-14)13(17)16(10-5-2)11-6-3/h5,15H,2,4,6-12H2,1,3H3. The molecule has 1 rings (SSSR count). The van der Waals surface area contributed by atoms with Crippen molar-refractivity contribution in [1.82, 2.24) is 10.2 Å². The molecule has 1 aliphatic rings. The first-order valence-corrected chi connectivity index (χ1v) is 6.81. The third-order valence-corrected chi connectivity index (χ3v) is 3.56. The van der Waals surface area contributed by atoms with E-state index in [2.05, 4.69) is 25.7 Å². The number of nitrogens with one attached hydrogen (secondary N) is 1. The molecule has 0 spiro atoms. The Morgan fingerprint density at radius 3 is 2.71 bits per heavy atom. The quantitative estimate of drug-likeness (QED) is 0.690. The normalized spacial score (nSPS) is 23.6. The lowest BCUT2D eigenvalue weighted by Crippen LogP contribution is -2.45. The van der Waals surface area contributed by atoms with Crippen molar-refractivity contribution in [2.24, 2.45) is 5.41 Å². The summed E-state index contributed by atoms with van der Waals surface area (Å²) in [5.41, 5.74) is -0.146. The van der Waals surface area contributed by atoms with Gasteiger partial charge in [0.15, 0.2) is 0 Å². The Kier molecular flexibility index (Phi) is 5.69. The van der Waals surface area contributed by atoms with Crippen molar-refractivity contribution in [3.8, 4) is 0 Å². The van der Waals surface area contributed by atoms with Gasteiger partial charge in [-0.25, -0.2) is 0 Å². The molecule has 1 atom stereocenters. The van der Waals surface area contributed by atoms with E-state index in [9.17, 15) is 4.79 Å². The van der Waals surface area contributed by atoms with Gasteiger partial charge < -0.3 is 10.2 Å². The molecule has 0 bridgehead atoms. The molecular formula is C14H26N2O. The van der Waals surface area contributed by atoms with E-state index in [0.29, 0.717) is 12.5 Å². The lowest BCUT2D eigenvalue weighted by molar-refractivity contribution is -0.141. The average Bonchev–Trinajstić information content (AvgIpc) is 2.78. The largest absolute Gasteiger partial charge is 0.338 e. The molecule has 3 nitrogen and oxygen atoms in total. The van der Waals surface area contributed by atoms with Gasteiger partial charge in [0.1, 0.15) is 0 Å². The topological polar surface area (TPSA) is 32.3 Å². The van der Waals surface area contributed by atoms with Gasteiger partial charge in [0, 0.05) is 19.6 Å². The highest BCUT2D eigenvalue weighted by molar-refractivity contribution is 5.83. The van der Waals surface area contributed by atoms with Crippen molar-refractivity contribution in [2.75, 3.05) is 26.2 Å². The molecule has 0 radical (unpaired) electrons. The molecule has 0 aliphatic carbocycles. The molecule has 1 unspecified atom stereocenters. The first-order valence-electron chi connectivity index (χ1n) is 6.81. The summed E-state index contributed by atoms with van der Waals surface area (Å²) in [4.78, 5) is 14.6. The van der Waals surface area contributed by atoms with E-state index in [-0.39, 0.29) is 5.41 Å². The maximum absolute atomic E-state index is 12.7. The van der Waals surface area contributed by atoms with Crippen molar-refractivity contribution < 1.29 is 4.79 Å². The van der Waals surface area contributed by atoms with Crippen LogP contribution in [0.1, 0.15) is 39.5 Å². The van der Waals surface area contributed by atoms with Crippen LogP contribution in [0.4, 0.5) is 0 Å². The van der Waals surface area contributed by atoms with Crippen molar-refractivity contribution in [2.45, 2.75) is 39.5 Å². The lowest BCUT2D eigenvalue weighted by Gasteiger charge is -2.33. The molecule has 1 fully saturated rings. The Hall–Kier alpha value is -0.830. The third-order valence-electron chi connectivity index (χ3n) is 3.56. The van der Waals surface area contributed by atoms with Gasteiger partial charge >= 0.3 is 0 Å². The van der Waals surface area contributed by atoms with Gasteiger partial charge in [0.2, 0.25) is 5.91 Å². The number of hydrogen-bond acceptors (Lipinski definition) is 2. The summed E-state index contributed by atoms with van der Waals surface area (Å²) in [6.45, 7) is 11.4. The van der Waals surface area contributed by atoms with Crippen LogP contribution >= 0.6 is 0 Å². The predicted molar refractivity (Wildman–Crippen MR) is 71.9 cm³/mol. The van der Waals surface area contributed by atoms with E-state index in [0.717, 1.165) is 45.3 Å². The Bertz CT molecular complexity index is 257. The average molecular weight is 238 g/mol. The van der Waals surface area contributed by atoms with Crippen LogP contribution in [0.2, 0.25) is 0 Å². The number of carbonyl (C=O) groups is 1. The van der Waals surface area contributed by atoms with E-state index >= 15 is 0 Å². The van der Waals surface area contributed by atoms with E-state index in [1.807, 2.05) is 11.0 Å². The maximum atomic E-state index is 12.7. The van der Waals surface area contributed by atoms with Crippen molar-refractivity contribution in [3.63, 3.8) is 0 Å². The molecule has 0 aromatic carbocycles. The molecule has 98 valence electrons. The second-order valence-corrected chi connectivity index (χ2v) is 5.00. The lowest BCUT2D eigenvalue weighted by atomic mass is 9.81. The summed E-state index contributed by atoms with van der Waals surface area (Å²) in [7, 11) is 0. The first-order chi connectivity index (χ1) is 8.20. The van der Waals surface area contributed by atoms with Crippen LogP contribution in [0.3, 0.4) is 0 Å². The SMILES string of the molecule is C=CCN(CCC)C(=O)C1(CCC)CCNC1. The van der Waals surface area contributed by atoms with Crippen molar-refractivity contribution in [3.05, 3.63) is 12.7 Å². The maximum Gasteiger partial charge on any atom is 0.230 e. The van der Waals surface area contributed by atoms with Crippen LogP contribution in [0.5, 0.6) is 0 Å². The highest BCUT2D eigenvalue weighted by Crippen LogP contribution is 2.33. The summed E-state index contributed by atoms with van der Waals surface area (Å²) < 4.78 is 0. The van der Waals surface area contributed by atoms with Crippen LogP contribution in [-0.4, -0.2) is 37.0 Å². The Morgan fingerprint density at radius 1 is 1.47 bits per heavy atom. The molecule has 1 heterocycles. The van der Waals surface area contributed by atoms with Crippen molar-refractivity contribution >= 4 is 5.91 Å². The zero-order chi connectivity index (χ0) is 12.7. The van der Waals surface area contributed by atoms with Crippen LogP contribution < -0.4 is 5.32 Å². The predicted octanol–water partition coefficient (Wildman–Crippen LogP) is 2.19. The number of amides is 1. The van der Waals surface area contributed by atoms with Gasteiger partial charge in [-0.3, -0.25) is 4.79 Å². The molecule has 1 N–H and O–H groups in total. The molecule has 1 amide bonds. The molecule has 17 heavy (non-hydrogen) atoms. The number of nitrogens with zero attached hydrogens (tertiary/aromatic N) is 1. The third kappa shape index (κ3) is 3.32. The van der Waals surface area contributed by atoms with Gasteiger partial charge in [-0.15, -0.1) is 6.58 Å². The molecule has 3 heteroatoms. The molecule has 1 saturated heterocycles. The fourth-order valence-electron chi connectivity index (χ4n) is 2.76. The fraction of sp³-hybridized carbons (Fsp3) is 0.786. The summed E-state index contributed by atoms with van der Waals surface area (Å²) in [5, 5.41) is 3.34. The minimum absolute atomic E-state index is 0.146. The summed E-state index contributed by atoms with van der Waals surface area (Å²) >= 11 is 0. The summed E-state index contributed by atoms with van der Waals surface area (Å²) in [6, 6.07) is 0. The zero-order valence-electron chi connectivity index (χ0n) is 11.3. The number of carbonyl (C=O) groups excluding carboxylic acids is 1. The number of rotatable bonds is 7. The second kappa shape index (κ2) is 6.80. The van der Waals surface area contributed by atoms with Gasteiger partial charge in [-0.1, -0.05) is 26.3 Å². The minimum atomic E-state index is -0.146. The Morgan fingerprint density at radius 2 is 2.24 bits per heavy atom. The highest BCUT2D eigenvalue weighted by Gasteiger charge is 2.42. The fourth-order valence-corrected chi connectivity index (χ4v) is 2.76. The Labute approximate surface area is 105 Å². The van der Waals surface area contributed by atoms with Gasteiger partial charge in [0.25, 0.3) is 0 Å². The van der Waals surface area contributed by atoms with Crippen molar-refractivity contribution in [1.29, 1.82) is 0 Å². The van der Waals surface area contributed by atoms with E-state index in [4.69, 9.17) is 0 Å². The first kappa shape index (κ1) is 14.2. The van der Waals surface area contributed by atoms with Crippen LogP contribution in [0.15, 0.2) is 12.7 Å². The summed E-state index contributed by atoms with van der Waals surface area (Å²) in [6.07, 6.45) is 5.89. The molecule has 0 saturated carbocycles. The van der Waals surface area contributed by atoms with E-state index < -0.39 is 0 Å². The molecule has 0 aromatic heterocycles. The van der Waals surface area contributed by atoms with Crippen LogP contribution in [-0.2, 0) is 4.79 Å². The van der Waals surface area contributed by atoms with E-state index in [1.165, 1.54) is 0 Å². The highest BCUT2D eigenvalue weighted by atomic mass is 16.2. The molecule has 0 aromatic rings.